The van der Waals surface area contributed by atoms with Crippen molar-refractivity contribution in [2.24, 2.45) is 0 Å². The molecule has 0 unspecified atom stereocenters. The van der Waals surface area contributed by atoms with Crippen LogP contribution in [-0.4, -0.2) is 48.2 Å². The summed E-state index contributed by atoms with van der Waals surface area (Å²) in [5.41, 5.74) is 1.91. The van der Waals surface area contributed by atoms with Crippen LogP contribution in [0.4, 0.5) is 10.2 Å². The molecule has 0 radical (unpaired) electrons. The molecule has 1 aromatic heterocycles. The van der Waals surface area contributed by atoms with Gasteiger partial charge in [-0.3, -0.25) is 0 Å². The molecular weight excluding hydrogens is 301 g/mol. The maximum Gasteiger partial charge on any atom is 0.132 e. The number of fused-ring (bicyclic) bond motifs is 1. The van der Waals surface area contributed by atoms with Crippen LogP contribution in [0, 0.1) is 5.82 Å². The van der Waals surface area contributed by atoms with E-state index in [1.165, 1.54) is 23.9 Å². The molecule has 0 amide bonds. The van der Waals surface area contributed by atoms with Gasteiger partial charge >= 0.3 is 0 Å². The van der Waals surface area contributed by atoms with E-state index in [0.29, 0.717) is 6.04 Å². The number of quaternary nitrogens is 1. The summed E-state index contributed by atoms with van der Waals surface area (Å²) >= 11 is 0. The van der Waals surface area contributed by atoms with Crippen molar-refractivity contribution in [2.75, 3.05) is 37.6 Å². The molecule has 1 aromatic rings. The Hall–Kier alpha value is -1.16. The number of piperazine rings is 1. The second kappa shape index (κ2) is 7.38. The lowest BCUT2D eigenvalue weighted by Crippen LogP contribution is -2.62. The van der Waals surface area contributed by atoms with Gasteiger partial charge in [0.15, 0.2) is 0 Å². The first-order chi connectivity index (χ1) is 11.6. The maximum absolute atomic E-state index is 14.7. The summed E-state index contributed by atoms with van der Waals surface area (Å²) in [6.07, 6.45) is 6.51. The molecule has 134 valence electrons. The van der Waals surface area contributed by atoms with E-state index in [1.807, 2.05) is 0 Å². The highest BCUT2D eigenvalue weighted by atomic mass is 19.1. The first-order valence-electron chi connectivity index (χ1n) is 9.85. The standard InChI is InChI=1S/C20H33FN3/c1-4-24(16(2)3)13-11-23(12-14-24)20-15-18(21)17-9-7-5-6-8-10-19(17)22-20/h15-16H,4-14H2,1-3H3/q+1. The summed E-state index contributed by atoms with van der Waals surface area (Å²) in [7, 11) is 0. The molecule has 24 heavy (non-hydrogen) atoms. The van der Waals surface area contributed by atoms with Crippen molar-refractivity contribution in [3.63, 3.8) is 0 Å². The molecule has 3 rings (SSSR count). The Morgan fingerprint density at radius 3 is 2.42 bits per heavy atom. The monoisotopic (exact) mass is 334 g/mol. The minimum atomic E-state index is -0.0254. The van der Waals surface area contributed by atoms with Crippen LogP contribution < -0.4 is 4.90 Å². The zero-order valence-electron chi connectivity index (χ0n) is 15.7. The largest absolute Gasteiger partial charge is 0.345 e. The SMILES string of the molecule is CC[N+]1(C(C)C)CCN(c2cc(F)c3c(n2)CCCCCC3)CC1. The molecule has 0 spiro atoms. The van der Waals surface area contributed by atoms with Crippen LogP contribution in [0.5, 0.6) is 0 Å². The normalized spacial score (nSPS) is 21.3. The number of aromatic nitrogens is 1. The number of aryl methyl sites for hydroxylation is 1. The van der Waals surface area contributed by atoms with Gasteiger partial charge in [-0.25, -0.2) is 9.37 Å². The molecule has 1 saturated heterocycles. The fourth-order valence-corrected chi connectivity index (χ4v) is 4.45. The average molecular weight is 335 g/mol. The lowest BCUT2D eigenvalue weighted by molar-refractivity contribution is -0.946. The van der Waals surface area contributed by atoms with Crippen molar-refractivity contribution in [3.8, 4) is 0 Å². The molecule has 1 aliphatic carbocycles. The smallest absolute Gasteiger partial charge is 0.132 e. The van der Waals surface area contributed by atoms with Gasteiger partial charge in [0.25, 0.3) is 0 Å². The summed E-state index contributed by atoms with van der Waals surface area (Å²) in [4.78, 5) is 7.20. The van der Waals surface area contributed by atoms with E-state index in [1.54, 1.807) is 6.07 Å². The summed E-state index contributed by atoms with van der Waals surface area (Å²) in [5.74, 6) is 0.840. The van der Waals surface area contributed by atoms with Gasteiger partial charge in [-0.2, -0.15) is 0 Å². The molecule has 4 heteroatoms. The van der Waals surface area contributed by atoms with Crippen LogP contribution in [0.2, 0.25) is 0 Å². The first kappa shape index (κ1) is 17.7. The Morgan fingerprint density at radius 1 is 1.12 bits per heavy atom. The van der Waals surface area contributed by atoms with Gasteiger partial charge in [-0.1, -0.05) is 12.8 Å². The molecule has 1 fully saturated rings. The van der Waals surface area contributed by atoms with E-state index in [4.69, 9.17) is 4.98 Å². The van der Waals surface area contributed by atoms with E-state index in [0.717, 1.165) is 68.9 Å². The van der Waals surface area contributed by atoms with Crippen LogP contribution in [0.15, 0.2) is 6.07 Å². The Labute approximate surface area is 146 Å². The van der Waals surface area contributed by atoms with Crippen LogP contribution in [0.3, 0.4) is 0 Å². The fraction of sp³-hybridized carbons (Fsp3) is 0.750. The number of pyridine rings is 1. The van der Waals surface area contributed by atoms with Gasteiger partial charge in [-0.05, 0) is 46.5 Å². The lowest BCUT2D eigenvalue weighted by Gasteiger charge is -2.47. The van der Waals surface area contributed by atoms with Crippen molar-refractivity contribution in [2.45, 2.75) is 65.3 Å². The molecule has 0 aromatic carbocycles. The molecule has 0 saturated carbocycles. The highest BCUT2D eigenvalue weighted by Crippen LogP contribution is 2.27. The number of likely N-dealkylation sites (N-methyl/N-ethyl adjacent to an activating group) is 1. The molecule has 0 bridgehead atoms. The van der Waals surface area contributed by atoms with Crippen molar-refractivity contribution in [1.29, 1.82) is 0 Å². The number of hydrogen-bond donors (Lipinski definition) is 0. The molecular formula is C20H33FN3+. The Bertz CT molecular complexity index is 562. The van der Waals surface area contributed by atoms with Crippen molar-refractivity contribution in [1.82, 2.24) is 4.98 Å². The van der Waals surface area contributed by atoms with Crippen molar-refractivity contribution >= 4 is 5.82 Å². The molecule has 2 aliphatic rings. The third kappa shape index (κ3) is 3.44. The highest BCUT2D eigenvalue weighted by molar-refractivity contribution is 5.43. The van der Waals surface area contributed by atoms with E-state index in [-0.39, 0.29) is 5.82 Å². The number of anilines is 1. The predicted molar refractivity (Wildman–Crippen MR) is 98.0 cm³/mol. The third-order valence-corrected chi connectivity index (χ3v) is 6.41. The predicted octanol–water partition coefficient (Wildman–Crippen LogP) is 3.94. The first-order valence-corrected chi connectivity index (χ1v) is 9.85. The highest BCUT2D eigenvalue weighted by Gasteiger charge is 2.34. The quantitative estimate of drug-likeness (QED) is 0.778. The van der Waals surface area contributed by atoms with E-state index < -0.39 is 0 Å². The Morgan fingerprint density at radius 2 is 1.79 bits per heavy atom. The topological polar surface area (TPSA) is 16.1 Å². The van der Waals surface area contributed by atoms with Crippen LogP contribution in [0.1, 0.15) is 57.7 Å². The average Bonchev–Trinajstić information content (AvgIpc) is 2.55. The minimum Gasteiger partial charge on any atom is -0.345 e. The number of hydrogen-bond acceptors (Lipinski definition) is 2. The van der Waals surface area contributed by atoms with Gasteiger partial charge in [-0.15, -0.1) is 0 Å². The van der Waals surface area contributed by atoms with Gasteiger partial charge in [0, 0.05) is 17.3 Å². The third-order valence-electron chi connectivity index (χ3n) is 6.41. The molecule has 0 atom stereocenters. The van der Waals surface area contributed by atoms with Gasteiger partial charge in [0.1, 0.15) is 11.6 Å². The zero-order valence-corrected chi connectivity index (χ0v) is 15.7. The molecule has 0 N–H and O–H groups in total. The molecule has 3 nitrogen and oxygen atoms in total. The lowest BCUT2D eigenvalue weighted by atomic mass is 9.96. The minimum absolute atomic E-state index is 0.0254. The van der Waals surface area contributed by atoms with Crippen LogP contribution in [0.25, 0.3) is 0 Å². The summed E-state index contributed by atoms with van der Waals surface area (Å²) in [5, 5.41) is 0. The summed E-state index contributed by atoms with van der Waals surface area (Å²) < 4.78 is 15.8. The van der Waals surface area contributed by atoms with E-state index in [9.17, 15) is 4.39 Å². The number of nitrogens with zero attached hydrogens (tertiary/aromatic N) is 3. The Balaban J connectivity index is 1.79. The van der Waals surface area contributed by atoms with Crippen molar-refractivity contribution < 1.29 is 8.87 Å². The van der Waals surface area contributed by atoms with Gasteiger partial charge in [0.05, 0.1) is 38.8 Å². The summed E-state index contributed by atoms with van der Waals surface area (Å²) in [6, 6.07) is 2.35. The van der Waals surface area contributed by atoms with Crippen LogP contribution >= 0.6 is 0 Å². The maximum atomic E-state index is 14.7. The fourth-order valence-electron chi connectivity index (χ4n) is 4.45. The second-order valence-corrected chi connectivity index (χ2v) is 7.86. The van der Waals surface area contributed by atoms with Gasteiger partial charge < -0.3 is 9.38 Å². The Kier molecular flexibility index (Phi) is 5.43. The number of halogens is 1. The van der Waals surface area contributed by atoms with E-state index in [2.05, 4.69) is 25.7 Å². The van der Waals surface area contributed by atoms with E-state index >= 15 is 0 Å². The van der Waals surface area contributed by atoms with Crippen molar-refractivity contribution in [3.05, 3.63) is 23.1 Å². The zero-order chi connectivity index (χ0) is 17.2. The number of rotatable bonds is 3. The molecule has 2 heterocycles. The molecule has 1 aliphatic heterocycles. The van der Waals surface area contributed by atoms with Crippen LogP contribution in [-0.2, 0) is 12.8 Å². The second-order valence-electron chi connectivity index (χ2n) is 7.86. The van der Waals surface area contributed by atoms with Gasteiger partial charge in [0.2, 0.25) is 0 Å². The summed E-state index contributed by atoms with van der Waals surface area (Å²) in [6.45, 7) is 12.3.